The molecule has 1 heterocycles. The van der Waals surface area contributed by atoms with E-state index >= 15 is 0 Å². The standard InChI is InChI=1S/C22H28N2O3/c1-5-27-22(26)19-14(2)20(23-15(19)3)21(25)24(16(4)18-11-12-18)13-17-9-7-6-8-10-17/h6-10,16,18,23H,5,11-13H2,1-4H3. The lowest BCUT2D eigenvalue weighted by Crippen LogP contribution is -2.39. The maximum atomic E-state index is 13.4. The Morgan fingerprint density at radius 3 is 2.48 bits per heavy atom. The molecule has 27 heavy (non-hydrogen) atoms. The number of aromatic nitrogens is 1. The lowest BCUT2D eigenvalue weighted by molar-refractivity contribution is 0.0525. The number of hydrogen-bond acceptors (Lipinski definition) is 3. The van der Waals surface area contributed by atoms with E-state index in [0.29, 0.717) is 41.6 Å². The quantitative estimate of drug-likeness (QED) is 0.743. The second-order valence-electron chi connectivity index (χ2n) is 7.34. The van der Waals surface area contributed by atoms with Gasteiger partial charge in [-0.05, 0) is 57.6 Å². The van der Waals surface area contributed by atoms with Gasteiger partial charge in [-0.25, -0.2) is 4.79 Å². The number of carbonyl (C=O) groups excluding carboxylic acids is 2. The van der Waals surface area contributed by atoms with Crippen molar-refractivity contribution in [3.63, 3.8) is 0 Å². The van der Waals surface area contributed by atoms with Gasteiger partial charge in [-0.15, -0.1) is 0 Å². The minimum absolute atomic E-state index is 0.0607. The maximum Gasteiger partial charge on any atom is 0.340 e. The van der Waals surface area contributed by atoms with Crippen LogP contribution in [0.5, 0.6) is 0 Å². The summed E-state index contributed by atoms with van der Waals surface area (Å²) in [5.41, 5.74) is 3.40. The van der Waals surface area contributed by atoms with Crippen LogP contribution in [0.25, 0.3) is 0 Å². The molecule has 1 aromatic heterocycles. The molecule has 1 atom stereocenters. The van der Waals surface area contributed by atoms with Gasteiger partial charge < -0.3 is 14.6 Å². The van der Waals surface area contributed by atoms with Crippen LogP contribution in [0.2, 0.25) is 0 Å². The first-order valence-electron chi connectivity index (χ1n) is 9.65. The van der Waals surface area contributed by atoms with Crippen LogP contribution in [-0.2, 0) is 11.3 Å². The highest BCUT2D eigenvalue weighted by molar-refractivity contribution is 6.00. The Hall–Kier alpha value is -2.56. The van der Waals surface area contributed by atoms with Crippen LogP contribution in [0.4, 0.5) is 0 Å². The van der Waals surface area contributed by atoms with Gasteiger partial charge in [0.15, 0.2) is 0 Å². The van der Waals surface area contributed by atoms with Crippen LogP contribution < -0.4 is 0 Å². The van der Waals surface area contributed by atoms with Crippen LogP contribution in [0.3, 0.4) is 0 Å². The van der Waals surface area contributed by atoms with Crippen molar-refractivity contribution in [2.45, 2.75) is 53.1 Å². The summed E-state index contributed by atoms with van der Waals surface area (Å²) in [5.74, 6) is 0.112. The van der Waals surface area contributed by atoms with Crippen molar-refractivity contribution in [3.8, 4) is 0 Å². The first-order chi connectivity index (χ1) is 12.9. The molecule has 0 spiro atoms. The molecule has 0 saturated heterocycles. The Morgan fingerprint density at radius 1 is 1.22 bits per heavy atom. The van der Waals surface area contributed by atoms with E-state index in [-0.39, 0.29) is 17.9 Å². The lowest BCUT2D eigenvalue weighted by atomic mass is 10.1. The second kappa shape index (κ2) is 7.99. The molecule has 2 aromatic rings. The smallest absolute Gasteiger partial charge is 0.340 e. The van der Waals surface area contributed by atoms with Gasteiger partial charge in [0.25, 0.3) is 5.91 Å². The van der Waals surface area contributed by atoms with Crippen molar-refractivity contribution in [3.05, 3.63) is 58.4 Å². The van der Waals surface area contributed by atoms with Crippen LogP contribution in [0.1, 0.15) is 64.4 Å². The summed E-state index contributed by atoms with van der Waals surface area (Å²) >= 11 is 0. The van der Waals surface area contributed by atoms with Crippen molar-refractivity contribution in [2.75, 3.05) is 6.61 Å². The predicted molar refractivity (Wildman–Crippen MR) is 105 cm³/mol. The summed E-state index contributed by atoms with van der Waals surface area (Å²) in [4.78, 5) is 30.8. The molecule has 1 amide bonds. The summed E-state index contributed by atoms with van der Waals surface area (Å²) in [5, 5.41) is 0. The average molecular weight is 368 g/mol. The molecule has 3 rings (SSSR count). The van der Waals surface area contributed by atoms with Gasteiger partial charge in [-0.3, -0.25) is 4.79 Å². The highest BCUT2D eigenvalue weighted by Crippen LogP contribution is 2.36. The average Bonchev–Trinajstić information content (AvgIpc) is 3.45. The number of benzene rings is 1. The van der Waals surface area contributed by atoms with E-state index in [2.05, 4.69) is 11.9 Å². The molecule has 0 bridgehead atoms. The fourth-order valence-corrected chi connectivity index (χ4v) is 3.63. The van der Waals surface area contributed by atoms with Gasteiger partial charge in [-0.2, -0.15) is 0 Å². The van der Waals surface area contributed by atoms with Crippen LogP contribution in [0.15, 0.2) is 30.3 Å². The minimum atomic E-state index is -0.382. The monoisotopic (exact) mass is 368 g/mol. The summed E-state index contributed by atoms with van der Waals surface area (Å²) in [7, 11) is 0. The van der Waals surface area contributed by atoms with Crippen LogP contribution in [0, 0.1) is 19.8 Å². The number of H-pyrrole nitrogens is 1. The fourth-order valence-electron chi connectivity index (χ4n) is 3.63. The van der Waals surface area contributed by atoms with Gasteiger partial charge in [0.05, 0.1) is 12.2 Å². The largest absolute Gasteiger partial charge is 0.462 e. The number of amides is 1. The van der Waals surface area contributed by atoms with Gasteiger partial charge >= 0.3 is 5.97 Å². The summed E-state index contributed by atoms with van der Waals surface area (Å²) in [6.45, 7) is 8.39. The molecule has 0 aliphatic heterocycles. The van der Waals surface area contributed by atoms with Crippen LogP contribution in [-0.4, -0.2) is 34.4 Å². The number of nitrogens with zero attached hydrogens (tertiary/aromatic N) is 1. The van der Waals surface area contributed by atoms with E-state index < -0.39 is 0 Å². The number of aromatic amines is 1. The summed E-state index contributed by atoms with van der Waals surface area (Å²) < 4.78 is 5.15. The Bertz CT molecular complexity index is 822. The molecule has 5 nitrogen and oxygen atoms in total. The molecule has 1 aliphatic carbocycles. The zero-order chi connectivity index (χ0) is 19.6. The second-order valence-corrected chi connectivity index (χ2v) is 7.34. The summed E-state index contributed by atoms with van der Waals surface area (Å²) in [6.07, 6.45) is 2.33. The Morgan fingerprint density at radius 2 is 1.89 bits per heavy atom. The van der Waals surface area contributed by atoms with Gasteiger partial charge in [0.2, 0.25) is 0 Å². The highest BCUT2D eigenvalue weighted by atomic mass is 16.5. The zero-order valence-electron chi connectivity index (χ0n) is 16.5. The van der Waals surface area contributed by atoms with Crippen molar-refractivity contribution in [2.24, 2.45) is 5.92 Å². The Balaban J connectivity index is 1.92. The molecule has 1 aromatic carbocycles. The van der Waals surface area contributed by atoms with E-state index in [1.54, 1.807) is 6.92 Å². The highest BCUT2D eigenvalue weighted by Gasteiger charge is 2.36. The van der Waals surface area contributed by atoms with E-state index in [1.807, 2.05) is 49.1 Å². The van der Waals surface area contributed by atoms with E-state index in [9.17, 15) is 9.59 Å². The molecule has 1 unspecified atom stereocenters. The molecule has 1 saturated carbocycles. The number of hydrogen-bond donors (Lipinski definition) is 1. The number of rotatable bonds is 7. The Kier molecular flexibility index (Phi) is 5.68. The summed E-state index contributed by atoms with van der Waals surface area (Å²) in [6, 6.07) is 10.2. The number of carbonyl (C=O) groups is 2. The normalized spacial score (nSPS) is 14.7. The third-order valence-corrected chi connectivity index (χ3v) is 5.38. The topological polar surface area (TPSA) is 62.4 Å². The third-order valence-electron chi connectivity index (χ3n) is 5.38. The Labute approximate surface area is 160 Å². The lowest BCUT2D eigenvalue weighted by Gasteiger charge is -2.29. The van der Waals surface area contributed by atoms with E-state index in [4.69, 9.17) is 4.74 Å². The molecular formula is C22H28N2O3. The van der Waals surface area contributed by atoms with E-state index in [1.165, 1.54) is 0 Å². The van der Waals surface area contributed by atoms with Crippen molar-refractivity contribution >= 4 is 11.9 Å². The molecular weight excluding hydrogens is 340 g/mol. The molecule has 1 N–H and O–H groups in total. The predicted octanol–water partition coefficient (Wildman–Crippen LogP) is 4.25. The fraction of sp³-hybridized carbons (Fsp3) is 0.455. The molecule has 5 heteroatoms. The number of ether oxygens (including phenoxy) is 1. The number of nitrogens with one attached hydrogen (secondary N) is 1. The van der Waals surface area contributed by atoms with Crippen molar-refractivity contribution in [1.82, 2.24) is 9.88 Å². The first-order valence-corrected chi connectivity index (χ1v) is 9.65. The number of esters is 1. The molecule has 1 fully saturated rings. The maximum absolute atomic E-state index is 13.4. The van der Waals surface area contributed by atoms with Gasteiger partial charge in [-0.1, -0.05) is 30.3 Å². The number of aryl methyl sites for hydroxylation is 1. The minimum Gasteiger partial charge on any atom is -0.462 e. The molecule has 0 radical (unpaired) electrons. The van der Waals surface area contributed by atoms with Crippen molar-refractivity contribution in [1.29, 1.82) is 0 Å². The third kappa shape index (κ3) is 4.07. The zero-order valence-corrected chi connectivity index (χ0v) is 16.5. The first kappa shape index (κ1) is 19.2. The van der Waals surface area contributed by atoms with E-state index in [0.717, 1.165) is 18.4 Å². The van der Waals surface area contributed by atoms with Gasteiger partial charge in [0.1, 0.15) is 5.69 Å². The van der Waals surface area contributed by atoms with Crippen molar-refractivity contribution < 1.29 is 14.3 Å². The SMILES string of the molecule is CCOC(=O)c1c(C)[nH]c(C(=O)N(Cc2ccccc2)C(C)C2CC2)c1C. The van der Waals surface area contributed by atoms with Gasteiger partial charge in [0, 0.05) is 18.3 Å². The molecule has 144 valence electrons. The molecule has 1 aliphatic rings. The van der Waals surface area contributed by atoms with Crippen LogP contribution >= 0.6 is 0 Å².